The second-order valence-corrected chi connectivity index (χ2v) is 8.42. The number of anilines is 1. The molecule has 2 saturated heterocycles. The van der Waals surface area contributed by atoms with E-state index >= 15 is 0 Å². The van der Waals surface area contributed by atoms with Crippen molar-refractivity contribution in [1.82, 2.24) is 9.80 Å². The molecule has 2 aromatic carbocycles. The normalized spacial score (nSPS) is 19.0. The number of hydrogen-bond donors (Lipinski definition) is 0. The van der Waals surface area contributed by atoms with Crippen LogP contribution in [0.4, 0.5) is 11.4 Å². The molecule has 0 saturated carbocycles. The van der Waals surface area contributed by atoms with Gasteiger partial charge in [0.1, 0.15) is 0 Å². The van der Waals surface area contributed by atoms with Crippen LogP contribution in [0.15, 0.2) is 60.7 Å². The van der Waals surface area contributed by atoms with Crippen LogP contribution in [-0.4, -0.2) is 65.8 Å². The number of benzene rings is 2. The minimum Gasteiger partial charge on any atom is -0.368 e. The Balaban J connectivity index is 1.33. The van der Waals surface area contributed by atoms with E-state index in [-0.39, 0.29) is 23.4 Å². The van der Waals surface area contributed by atoms with E-state index in [1.807, 2.05) is 23.1 Å². The van der Waals surface area contributed by atoms with E-state index in [2.05, 4.69) is 17.0 Å². The number of hydrogen-bond acceptors (Lipinski definition) is 5. The van der Waals surface area contributed by atoms with E-state index in [1.165, 1.54) is 23.9 Å². The van der Waals surface area contributed by atoms with Gasteiger partial charge in [-0.1, -0.05) is 30.3 Å². The van der Waals surface area contributed by atoms with Gasteiger partial charge in [-0.25, -0.2) is 0 Å². The van der Waals surface area contributed by atoms with Crippen LogP contribution in [0.2, 0.25) is 0 Å². The Morgan fingerprint density at radius 3 is 2.33 bits per heavy atom. The summed E-state index contributed by atoms with van der Waals surface area (Å²) >= 11 is 0. The second kappa shape index (κ2) is 10.3. The number of piperidine rings is 1. The van der Waals surface area contributed by atoms with Gasteiger partial charge < -0.3 is 14.7 Å². The number of nitrogens with zero attached hydrogens (tertiary/aromatic N) is 4. The predicted molar refractivity (Wildman–Crippen MR) is 127 cm³/mol. The summed E-state index contributed by atoms with van der Waals surface area (Å²) in [6, 6.07) is 16.5. The first kappa shape index (κ1) is 22.5. The topological polar surface area (TPSA) is 87.0 Å². The van der Waals surface area contributed by atoms with E-state index < -0.39 is 4.92 Å². The smallest absolute Gasteiger partial charge is 0.276 e. The van der Waals surface area contributed by atoms with E-state index in [4.69, 9.17) is 0 Å². The van der Waals surface area contributed by atoms with Crippen molar-refractivity contribution in [2.75, 3.05) is 44.2 Å². The van der Waals surface area contributed by atoms with Crippen LogP contribution >= 0.6 is 0 Å². The van der Waals surface area contributed by atoms with Gasteiger partial charge in [-0.05, 0) is 37.1 Å². The Labute approximate surface area is 193 Å². The lowest BCUT2D eigenvalue weighted by atomic mass is 9.96. The molecule has 8 heteroatoms. The number of carbonyl (C=O) groups excluding carboxylic acids is 2. The zero-order valence-electron chi connectivity index (χ0n) is 18.5. The molecule has 0 aromatic heterocycles. The maximum Gasteiger partial charge on any atom is 0.276 e. The van der Waals surface area contributed by atoms with Gasteiger partial charge in [-0.15, -0.1) is 0 Å². The van der Waals surface area contributed by atoms with Gasteiger partial charge in [-0.2, -0.15) is 0 Å². The van der Waals surface area contributed by atoms with Crippen LogP contribution in [0, 0.1) is 16.0 Å². The highest BCUT2D eigenvalue weighted by Gasteiger charge is 2.32. The quantitative estimate of drug-likeness (QED) is 0.398. The number of amides is 2. The van der Waals surface area contributed by atoms with E-state index in [1.54, 1.807) is 23.1 Å². The molecule has 4 rings (SSSR count). The summed E-state index contributed by atoms with van der Waals surface area (Å²) in [4.78, 5) is 42.5. The molecule has 0 radical (unpaired) electrons. The van der Waals surface area contributed by atoms with Crippen molar-refractivity contribution in [3.05, 3.63) is 76.4 Å². The average Bonchev–Trinajstić information content (AvgIpc) is 2.87. The minimum absolute atomic E-state index is 0.0390. The molecule has 172 valence electrons. The maximum absolute atomic E-state index is 13.1. The fourth-order valence-electron chi connectivity index (χ4n) is 4.52. The van der Waals surface area contributed by atoms with Gasteiger partial charge in [0, 0.05) is 57.1 Å². The third-order valence-corrected chi connectivity index (χ3v) is 6.33. The number of carbonyl (C=O) groups is 2. The van der Waals surface area contributed by atoms with Gasteiger partial charge in [0.2, 0.25) is 11.8 Å². The Hall–Kier alpha value is -3.68. The Morgan fingerprint density at radius 1 is 0.909 bits per heavy atom. The molecule has 0 spiro atoms. The lowest BCUT2D eigenvalue weighted by molar-refractivity contribution is -0.385. The maximum atomic E-state index is 13.1. The minimum atomic E-state index is -0.461. The first-order chi connectivity index (χ1) is 16.0. The molecule has 2 fully saturated rings. The van der Waals surface area contributed by atoms with Gasteiger partial charge >= 0.3 is 0 Å². The summed E-state index contributed by atoms with van der Waals surface area (Å²) in [5.41, 5.74) is 1.52. The number of rotatable bonds is 5. The standard InChI is InChI=1S/C25H28N4O4/c30-24(13-12-20-7-4-5-11-23(20)29(32)33)28-14-6-8-21(19-28)25(31)27-17-15-26(16-18-27)22-9-2-1-3-10-22/h1-5,7,9-13,21H,6,8,14-19H2/b13-12+. The largest absolute Gasteiger partial charge is 0.368 e. The van der Waals surface area contributed by atoms with Crippen molar-refractivity contribution >= 4 is 29.3 Å². The molecular weight excluding hydrogens is 420 g/mol. The third kappa shape index (κ3) is 5.39. The summed E-state index contributed by atoms with van der Waals surface area (Å²) in [5, 5.41) is 11.2. The first-order valence-electron chi connectivity index (χ1n) is 11.3. The molecule has 0 bridgehead atoms. The Bertz CT molecular complexity index is 1030. The molecule has 33 heavy (non-hydrogen) atoms. The van der Waals surface area contributed by atoms with Gasteiger partial charge in [0.25, 0.3) is 5.69 Å². The lowest BCUT2D eigenvalue weighted by Crippen LogP contribution is -2.53. The molecule has 2 aliphatic rings. The summed E-state index contributed by atoms with van der Waals surface area (Å²) in [7, 11) is 0. The third-order valence-electron chi connectivity index (χ3n) is 6.33. The molecule has 1 atom stereocenters. The highest BCUT2D eigenvalue weighted by molar-refractivity contribution is 5.93. The van der Waals surface area contributed by atoms with Crippen molar-refractivity contribution < 1.29 is 14.5 Å². The number of piperazine rings is 1. The Kier molecular flexibility index (Phi) is 7.02. The van der Waals surface area contributed by atoms with Crippen molar-refractivity contribution in [1.29, 1.82) is 0 Å². The van der Waals surface area contributed by atoms with E-state index in [0.717, 1.165) is 25.9 Å². The van der Waals surface area contributed by atoms with Crippen molar-refractivity contribution in [2.45, 2.75) is 12.8 Å². The Morgan fingerprint density at radius 2 is 1.61 bits per heavy atom. The summed E-state index contributed by atoms with van der Waals surface area (Å²) < 4.78 is 0. The monoisotopic (exact) mass is 448 g/mol. The highest BCUT2D eigenvalue weighted by Crippen LogP contribution is 2.23. The fraction of sp³-hybridized carbons (Fsp3) is 0.360. The molecule has 2 aromatic rings. The fourth-order valence-corrected chi connectivity index (χ4v) is 4.52. The summed E-state index contributed by atoms with van der Waals surface area (Å²) in [5.74, 6) is -0.312. The van der Waals surface area contributed by atoms with Crippen LogP contribution in [0.1, 0.15) is 18.4 Å². The van der Waals surface area contributed by atoms with Gasteiger partial charge in [-0.3, -0.25) is 19.7 Å². The first-order valence-corrected chi connectivity index (χ1v) is 11.3. The molecule has 1 unspecified atom stereocenters. The van der Waals surface area contributed by atoms with Crippen molar-refractivity contribution in [3.8, 4) is 0 Å². The molecule has 0 aliphatic carbocycles. The van der Waals surface area contributed by atoms with Gasteiger partial charge in [0.05, 0.1) is 16.4 Å². The van der Waals surface area contributed by atoms with Crippen LogP contribution in [0.3, 0.4) is 0 Å². The predicted octanol–water partition coefficient (Wildman–Crippen LogP) is 3.20. The van der Waals surface area contributed by atoms with Crippen LogP contribution < -0.4 is 4.90 Å². The van der Waals surface area contributed by atoms with Crippen LogP contribution in [-0.2, 0) is 9.59 Å². The molecular formula is C25H28N4O4. The van der Waals surface area contributed by atoms with Crippen LogP contribution in [0.5, 0.6) is 0 Å². The SMILES string of the molecule is O=C(/C=C/c1ccccc1[N+](=O)[O-])N1CCCC(C(=O)N2CCN(c3ccccc3)CC2)C1. The number of nitro groups is 1. The van der Waals surface area contributed by atoms with Gasteiger partial charge in [0.15, 0.2) is 0 Å². The average molecular weight is 449 g/mol. The molecule has 2 heterocycles. The zero-order chi connectivity index (χ0) is 23.2. The molecule has 2 aliphatic heterocycles. The number of para-hydroxylation sites is 2. The van der Waals surface area contributed by atoms with E-state index in [9.17, 15) is 19.7 Å². The van der Waals surface area contributed by atoms with Crippen molar-refractivity contribution in [2.24, 2.45) is 5.92 Å². The summed E-state index contributed by atoms with van der Waals surface area (Å²) in [6.07, 6.45) is 4.39. The van der Waals surface area contributed by atoms with Crippen LogP contribution in [0.25, 0.3) is 6.08 Å². The molecule has 2 amide bonds. The second-order valence-electron chi connectivity index (χ2n) is 8.42. The highest BCUT2D eigenvalue weighted by atomic mass is 16.6. The van der Waals surface area contributed by atoms with E-state index in [0.29, 0.717) is 31.7 Å². The summed E-state index contributed by atoms with van der Waals surface area (Å²) in [6.45, 7) is 3.92. The van der Waals surface area contributed by atoms with Crippen molar-refractivity contribution in [3.63, 3.8) is 0 Å². The molecule has 0 N–H and O–H groups in total. The molecule has 8 nitrogen and oxygen atoms in total. The lowest BCUT2D eigenvalue weighted by Gasteiger charge is -2.39. The zero-order valence-corrected chi connectivity index (χ0v) is 18.5. The number of nitro benzene ring substituents is 1. The number of likely N-dealkylation sites (tertiary alicyclic amines) is 1.